The van der Waals surface area contributed by atoms with Crippen molar-refractivity contribution in [2.24, 2.45) is 0 Å². The van der Waals surface area contributed by atoms with Crippen LogP contribution in [0.15, 0.2) is 36.7 Å². The minimum Gasteiger partial charge on any atom is -0.334 e. The van der Waals surface area contributed by atoms with Crippen molar-refractivity contribution in [3.8, 4) is 5.69 Å². The second kappa shape index (κ2) is 6.32. The molecule has 2 aromatic rings. The van der Waals surface area contributed by atoms with Gasteiger partial charge in [0.15, 0.2) is 0 Å². The number of benzene rings is 1. The Labute approximate surface area is 130 Å². The SMILES string of the molecule is CNC[C@H]1CCCN1C(=O)c1ccc(-n2cc(C)cn2)cc1. The van der Waals surface area contributed by atoms with Gasteiger partial charge >= 0.3 is 0 Å². The molecular formula is C17H22N4O. The first-order valence-corrected chi connectivity index (χ1v) is 7.76. The van der Waals surface area contributed by atoms with E-state index in [2.05, 4.69) is 10.4 Å². The average Bonchev–Trinajstić information content (AvgIpc) is 3.16. The third kappa shape index (κ3) is 2.90. The Kier molecular flexibility index (Phi) is 4.24. The highest BCUT2D eigenvalue weighted by Crippen LogP contribution is 2.20. The van der Waals surface area contributed by atoms with Crippen LogP contribution in [0, 0.1) is 6.92 Å². The van der Waals surface area contributed by atoms with Gasteiger partial charge in [-0.05, 0) is 56.6 Å². The molecule has 1 aromatic carbocycles. The van der Waals surface area contributed by atoms with Crippen LogP contribution in [0.1, 0.15) is 28.8 Å². The summed E-state index contributed by atoms with van der Waals surface area (Å²) in [7, 11) is 1.93. The van der Waals surface area contributed by atoms with Crippen LogP contribution in [0.4, 0.5) is 0 Å². The molecule has 22 heavy (non-hydrogen) atoms. The molecule has 1 aromatic heterocycles. The van der Waals surface area contributed by atoms with E-state index in [-0.39, 0.29) is 5.91 Å². The van der Waals surface area contributed by atoms with Crippen LogP contribution in [-0.2, 0) is 0 Å². The molecule has 5 nitrogen and oxygen atoms in total. The van der Waals surface area contributed by atoms with Crippen LogP contribution in [-0.4, -0.2) is 46.8 Å². The van der Waals surface area contributed by atoms with Crippen LogP contribution in [0.3, 0.4) is 0 Å². The zero-order chi connectivity index (χ0) is 15.5. The van der Waals surface area contributed by atoms with E-state index in [1.807, 2.05) is 60.2 Å². The Morgan fingerprint density at radius 3 is 2.77 bits per heavy atom. The maximum atomic E-state index is 12.7. The van der Waals surface area contributed by atoms with Gasteiger partial charge < -0.3 is 10.2 Å². The zero-order valence-corrected chi connectivity index (χ0v) is 13.1. The number of amides is 1. The number of carbonyl (C=O) groups excluding carboxylic acids is 1. The third-order valence-corrected chi connectivity index (χ3v) is 4.17. The minimum atomic E-state index is 0.126. The number of aromatic nitrogens is 2. The van der Waals surface area contributed by atoms with Crippen LogP contribution in [0.2, 0.25) is 0 Å². The van der Waals surface area contributed by atoms with Crippen LogP contribution < -0.4 is 5.32 Å². The largest absolute Gasteiger partial charge is 0.334 e. The first-order valence-electron chi connectivity index (χ1n) is 7.76. The van der Waals surface area contributed by atoms with E-state index >= 15 is 0 Å². The van der Waals surface area contributed by atoms with Gasteiger partial charge in [-0.2, -0.15) is 5.10 Å². The fraction of sp³-hybridized carbons (Fsp3) is 0.412. The molecular weight excluding hydrogens is 276 g/mol. The summed E-state index contributed by atoms with van der Waals surface area (Å²) >= 11 is 0. The Hall–Kier alpha value is -2.14. The van der Waals surface area contributed by atoms with Gasteiger partial charge in [0.1, 0.15) is 0 Å². The van der Waals surface area contributed by atoms with Crippen molar-refractivity contribution in [3.05, 3.63) is 47.8 Å². The fourth-order valence-corrected chi connectivity index (χ4v) is 3.03. The third-order valence-electron chi connectivity index (χ3n) is 4.17. The highest BCUT2D eigenvalue weighted by atomic mass is 16.2. The smallest absolute Gasteiger partial charge is 0.254 e. The summed E-state index contributed by atoms with van der Waals surface area (Å²) in [4.78, 5) is 14.6. The van der Waals surface area contributed by atoms with E-state index < -0.39 is 0 Å². The summed E-state index contributed by atoms with van der Waals surface area (Å²) in [5, 5.41) is 7.46. The van der Waals surface area contributed by atoms with E-state index in [0.717, 1.165) is 42.7 Å². The monoisotopic (exact) mass is 298 g/mol. The van der Waals surface area contributed by atoms with Crippen molar-refractivity contribution in [2.45, 2.75) is 25.8 Å². The standard InChI is InChI=1S/C17H22N4O/c1-13-10-19-21(12-13)15-7-5-14(6-8-15)17(22)20-9-3-4-16(20)11-18-2/h5-8,10,12,16,18H,3-4,9,11H2,1-2H3/t16-/m1/s1. The number of aryl methyl sites for hydroxylation is 1. The number of likely N-dealkylation sites (N-methyl/N-ethyl adjacent to an activating group) is 1. The lowest BCUT2D eigenvalue weighted by atomic mass is 10.1. The van der Waals surface area contributed by atoms with Gasteiger partial charge in [0, 0.05) is 30.9 Å². The van der Waals surface area contributed by atoms with Crippen molar-refractivity contribution < 1.29 is 4.79 Å². The molecule has 2 heterocycles. The Morgan fingerprint density at radius 2 is 2.14 bits per heavy atom. The summed E-state index contributed by atoms with van der Waals surface area (Å²) in [6, 6.07) is 7.99. The summed E-state index contributed by atoms with van der Waals surface area (Å²) in [5.41, 5.74) is 2.83. The molecule has 1 fully saturated rings. The molecule has 0 radical (unpaired) electrons. The number of carbonyl (C=O) groups is 1. The van der Waals surface area contributed by atoms with E-state index in [1.165, 1.54) is 0 Å². The van der Waals surface area contributed by atoms with E-state index in [4.69, 9.17) is 0 Å². The van der Waals surface area contributed by atoms with Gasteiger partial charge in [-0.25, -0.2) is 4.68 Å². The molecule has 0 bridgehead atoms. The number of nitrogens with one attached hydrogen (secondary N) is 1. The zero-order valence-electron chi connectivity index (χ0n) is 13.1. The van der Waals surface area contributed by atoms with Gasteiger partial charge in [0.2, 0.25) is 0 Å². The fourth-order valence-electron chi connectivity index (χ4n) is 3.03. The molecule has 1 amide bonds. The van der Waals surface area contributed by atoms with Gasteiger partial charge in [-0.1, -0.05) is 0 Å². The lowest BCUT2D eigenvalue weighted by molar-refractivity contribution is 0.0737. The Morgan fingerprint density at radius 1 is 1.36 bits per heavy atom. The molecule has 0 unspecified atom stereocenters. The van der Waals surface area contributed by atoms with Crippen molar-refractivity contribution in [3.63, 3.8) is 0 Å². The average molecular weight is 298 g/mol. The highest BCUT2D eigenvalue weighted by molar-refractivity contribution is 5.94. The molecule has 1 atom stereocenters. The first kappa shape index (κ1) is 14.8. The Balaban J connectivity index is 1.76. The second-order valence-corrected chi connectivity index (χ2v) is 5.86. The number of hydrogen-bond acceptors (Lipinski definition) is 3. The quantitative estimate of drug-likeness (QED) is 0.939. The van der Waals surface area contributed by atoms with E-state index in [9.17, 15) is 4.79 Å². The lowest BCUT2D eigenvalue weighted by Gasteiger charge is -2.24. The molecule has 1 aliphatic heterocycles. The van der Waals surface area contributed by atoms with Crippen molar-refractivity contribution in [2.75, 3.05) is 20.1 Å². The van der Waals surface area contributed by atoms with Crippen LogP contribution in [0.5, 0.6) is 0 Å². The molecule has 0 saturated carbocycles. The topological polar surface area (TPSA) is 50.2 Å². The van der Waals surface area contributed by atoms with Gasteiger partial charge in [0.05, 0.1) is 11.9 Å². The summed E-state index contributed by atoms with van der Waals surface area (Å²) in [5.74, 6) is 0.126. The predicted molar refractivity (Wildman–Crippen MR) is 86.3 cm³/mol. The molecule has 3 rings (SSSR count). The number of likely N-dealkylation sites (tertiary alicyclic amines) is 1. The molecule has 5 heteroatoms. The number of nitrogens with zero attached hydrogens (tertiary/aromatic N) is 3. The highest BCUT2D eigenvalue weighted by Gasteiger charge is 2.28. The first-order chi connectivity index (χ1) is 10.7. The summed E-state index contributed by atoms with van der Waals surface area (Å²) in [6.45, 7) is 3.72. The van der Waals surface area contributed by atoms with Gasteiger partial charge in [-0.3, -0.25) is 4.79 Å². The van der Waals surface area contributed by atoms with Crippen molar-refractivity contribution in [1.82, 2.24) is 20.0 Å². The Bertz CT molecular complexity index is 647. The molecule has 1 aliphatic rings. The number of hydrogen-bond donors (Lipinski definition) is 1. The molecule has 0 spiro atoms. The molecule has 1 saturated heterocycles. The van der Waals surface area contributed by atoms with Crippen molar-refractivity contribution in [1.29, 1.82) is 0 Å². The van der Waals surface area contributed by atoms with E-state index in [1.54, 1.807) is 0 Å². The summed E-state index contributed by atoms with van der Waals surface area (Å²) in [6.07, 6.45) is 5.96. The lowest BCUT2D eigenvalue weighted by Crippen LogP contribution is -2.40. The predicted octanol–water partition coefficient (Wildman–Crippen LogP) is 2.00. The van der Waals surface area contributed by atoms with E-state index in [0.29, 0.717) is 6.04 Å². The maximum absolute atomic E-state index is 12.7. The molecule has 116 valence electrons. The van der Waals surface area contributed by atoms with Crippen LogP contribution in [0.25, 0.3) is 5.69 Å². The number of rotatable bonds is 4. The molecule has 1 N–H and O–H groups in total. The maximum Gasteiger partial charge on any atom is 0.254 e. The minimum absolute atomic E-state index is 0.126. The summed E-state index contributed by atoms with van der Waals surface area (Å²) < 4.78 is 1.82. The van der Waals surface area contributed by atoms with Crippen molar-refractivity contribution >= 4 is 5.91 Å². The normalized spacial score (nSPS) is 17.9. The second-order valence-electron chi connectivity index (χ2n) is 5.86. The molecule has 0 aliphatic carbocycles. The van der Waals surface area contributed by atoms with Crippen LogP contribution >= 0.6 is 0 Å². The van der Waals surface area contributed by atoms with Gasteiger partial charge in [-0.15, -0.1) is 0 Å². The van der Waals surface area contributed by atoms with Gasteiger partial charge in [0.25, 0.3) is 5.91 Å².